The van der Waals surface area contributed by atoms with Gasteiger partial charge in [0.1, 0.15) is 5.78 Å². The minimum absolute atomic E-state index is 0.199. The van der Waals surface area contributed by atoms with E-state index in [1.165, 1.54) is 64.2 Å². The average molecular weight is 355 g/mol. The van der Waals surface area contributed by atoms with Gasteiger partial charge in [0.05, 0.1) is 13.0 Å². The molecule has 0 radical (unpaired) electrons. The van der Waals surface area contributed by atoms with Crippen molar-refractivity contribution in [3.63, 3.8) is 0 Å². The molecule has 0 aromatic heterocycles. The summed E-state index contributed by atoms with van der Waals surface area (Å²) in [5.74, 6) is -0.0549. The van der Waals surface area contributed by atoms with Gasteiger partial charge in [0.25, 0.3) is 0 Å². The highest BCUT2D eigenvalue weighted by Gasteiger charge is 2.07. The zero-order valence-corrected chi connectivity index (χ0v) is 17.0. The SMILES string of the molecule is C=C.CCCCCCCCCCCCCCC(=O)CCC(=O)OCC. The summed E-state index contributed by atoms with van der Waals surface area (Å²) in [6.45, 7) is 10.4. The Morgan fingerprint density at radius 3 is 1.52 bits per heavy atom. The van der Waals surface area contributed by atoms with Crippen LogP contribution in [-0.4, -0.2) is 18.4 Å². The minimum Gasteiger partial charge on any atom is -0.466 e. The molecule has 0 aromatic rings. The molecule has 0 spiro atoms. The maximum Gasteiger partial charge on any atom is 0.306 e. The molecule has 0 saturated heterocycles. The number of carbonyl (C=O) groups is 2. The van der Waals surface area contributed by atoms with Crippen molar-refractivity contribution in [2.45, 2.75) is 110 Å². The first kappa shape index (κ1) is 26.1. The number of hydrogen-bond donors (Lipinski definition) is 0. The van der Waals surface area contributed by atoms with Gasteiger partial charge in [-0.25, -0.2) is 0 Å². The van der Waals surface area contributed by atoms with Gasteiger partial charge in [0.2, 0.25) is 0 Å². The second kappa shape index (κ2) is 22.9. The van der Waals surface area contributed by atoms with Crippen molar-refractivity contribution >= 4 is 11.8 Å². The van der Waals surface area contributed by atoms with Crippen molar-refractivity contribution in [2.24, 2.45) is 0 Å². The van der Waals surface area contributed by atoms with Crippen LogP contribution in [0.2, 0.25) is 0 Å². The van der Waals surface area contributed by atoms with Crippen LogP contribution in [0, 0.1) is 0 Å². The number of rotatable bonds is 17. The van der Waals surface area contributed by atoms with Crippen LogP contribution >= 0.6 is 0 Å². The van der Waals surface area contributed by atoms with Gasteiger partial charge in [0.15, 0.2) is 0 Å². The normalized spacial score (nSPS) is 10.0. The predicted octanol–water partition coefficient (Wildman–Crippen LogP) is 6.79. The highest BCUT2D eigenvalue weighted by Crippen LogP contribution is 2.13. The number of Topliss-reactive ketones (excluding diaryl/α,β-unsaturated/α-hetero) is 1. The summed E-state index contributed by atoms with van der Waals surface area (Å²) in [6, 6.07) is 0. The summed E-state index contributed by atoms with van der Waals surface area (Å²) in [5.41, 5.74) is 0. The molecule has 148 valence electrons. The maximum atomic E-state index is 11.6. The van der Waals surface area contributed by atoms with E-state index in [-0.39, 0.29) is 18.2 Å². The highest BCUT2D eigenvalue weighted by molar-refractivity contribution is 5.82. The van der Waals surface area contributed by atoms with Crippen LogP contribution in [0.3, 0.4) is 0 Å². The Morgan fingerprint density at radius 2 is 1.08 bits per heavy atom. The fraction of sp³-hybridized carbons (Fsp3) is 0.818. The zero-order valence-electron chi connectivity index (χ0n) is 17.0. The van der Waals surface area contributed by atoms with Gasteiger partial charge in [0, 0.05) is 12.8 Å². The Labute approximate surface area is 156 Å². The number of ether oxygens (including phenoxy) is 1. The first-order valence-electron chi connectivity index (χ1n) is 10.4. The Bertz CT molecular complexity index is 300. The molecule has 0 amide bonds. The van der Waals surface area contributed by atoms with Crippen LogP contribution in [0.1, 0.15) is 110 Å². The van der Waals surface area contributed by atoms with Crippen molar-refractivity contribution in [3.8, 4) is 0 Å². The van der Waals surface area contributed by atoms with Gasteiger partial charge in [-0.2, -0.15) is 0 Å². The number of ketones is 1. The molecule has 0 aliphatic heterocycles. The molecule has 0 heterocycles. The van der Waals surface area contributed by atoms with Crippen LogP contribution in [0.25, 0.3) is 0 Å². The van der Waals surface area contributed by atoms with Crippen molar-refractivity contribution < 1.29 is 14.3 Å². The largest absolute Gasteiger partial charge is 0.466 e. The molecule has 0 rings (SSSR count). The molecule has 0 saturated carbocycles. The number of unbranched alkanes of at least 4 members (excludes halogenated alkanes) is 11. The fourth-order valence-corrected chi connectivity index (χ4v) is 2.76. The zero-order chi connectivity index (χ0) is 19.2. The molecule has 0 atom stereocenters. The lowest BCUT2D eigenvalue weighted by molar-refractivity contribution is -0.144. The number of esters is 1. The first-order chi connectivity index (χ1) is 12.2. The highest BCUT2D eigenvalue weighted by atomic mass is 16.5. The molecule has 0 aliphatic rings. The summed E-state index contributed by atoms with van der Waals surface area (Å²) >= 11 is 0. The van der Waals surface area contributed by atoms with Gasteiger partial charge in [-0.1, -0.05) is 77.6 Å². The third kappa shape index (κ3) is 22.9. The van der Waals surface area contributed by atoms with Gasteiger partial charge < -0.3 is 4.74 Å². The van der Waals surface area contributed by atoms with Crippen molar-refractivity contribution in [1.29, 1.82) is 0 Å². The van der Waals surface area contributed by atoms with E-state index in [2.05, 4.69) is 20.1 Å². The van der Waals surface area contributed by atoms with Crippen molar-refractivity contribution in [2.75, 3.05) is 6.61 Å². The van der Waals surface area contributed by atoms with E-state index in [0.29, 0.717) is 19.4 Å². The van der Waals surface area contributed by atoms with Crippen LogP contribution < -0.4 is 0 Å². The summed E-state index contributed by atoms with van der Waals surface area (Å²) in [4.78, 5) is 22.8. The quantitative estimate of drug-likeness (QED) is 0.164. The molecule has 0 N–H and O–H groups in total. The van der Waals surface area contributed by atoms with Crippen LogP contribution in [0.15, 0.2) is 13.2 Å². The molecule has 0 bridgehead atoms. The van der Waals surface area contributed by atoms with Crippen molar-refractivity contribution in [3.05, 3.63) is 13.2 Å². The van der Waals surface area contributed by atoms with Gasteiger partial charge >= 0.3 is 5.97 Å². The van der Waals surface area contributed by atoms with E-state index in [9.17, 15) is 9.59 Å². The molecule has 0 aromatic carbocycles. The third-order valence-corrected chi connectivity index (χ3v) is 4.22. The second-order valence-corrected chi connectivity index (χ2v) is 6.48. The molecule has 3 nitrogen and oxygen atoms in total. The summed E-state index contributed by atoms with van der Waals surface area (Å²) in [6.07, 6.45) is 16.9. The van der Waals surface area contributed by atoms with E-state index in [4.69, 9.17) is 4.74 Å². The second-order valence-electron chi connectivity index (χ2n) is 6.48. The molecular formula is C22H42O3. The average Bonchev–Trinajstić information content (AvgIpc) is 2.63. The van der Waals surface area contributed by atoms with E-state index in [0.717, 1.165) is 12.8 Å². The van der Waals surface area contributed by atoms with Crippen LogP contribution in [-0.2, 0) is 14.3 Å². The molecule has 0 aliphatic carbocycles. The molecule has 0 unspecified atom stereocenters. The van der Waals surface area contributed by atoms with Crippen molar-refractivity contribution in [1.82, 2.24) is 0 Å². The Morgan fingerprint density at radius 1 is 0.640 bits per heavy atom. The van der Waals surface area contributed by atoms with Gasteiger partial charge in [-0.15, -0.1) is 13.2 Å². The molecular weight excluding hydrogens is 312 g/mol. The summed E-state index contributed by atoms with van der Waals surface area (Å²) in [5, 5.41) is 0. The third-order valence-electron chi connectivity index (χ3n) is 4.22. The Hall–Kier alpha value is -1.12. The number of carbonyl (C=O) groups excluding carboxylic acids is 2. The molecule has 25 heavy (non-hydrogen) atoms. The number of hydrogen-bond acceptors (Lipinski definition) is 3. The van der Waals surface area contributed by atoms with E-state index in [1.807, 2.05) is 0 Å². The summed E-state index contributed by atoms with van der Waals surface area (Å²) < 4.78 is 4.82. The van der Waals surface area contributed by atoms with E-state index < -0.39 is 0 Å². The van der Waals surface area contributed by atoms with E-state index in [1.54, 1.807) is 6.92 Å². The van der Waals surface area contributed by atoms with Crippen LogP contribution in [0.4, 0.5) is 0 Å². The van der Waals surface area contributed by atoms with E-state index >= 15 is 0 Å². The Balaban J connectivity index is 0. The predicted molar refractivity (Wildman–Crippen MR) is 108 cm³/mol. The van der Waals surface area contributed by atoms with Crippen LogP contribution in [0.5, 0.6) is 0 Å². The Kier molecular flexibility index (Phi) is 23.9. The standard InChI is InChI=1S/C20H38O3.C2H4/c1-3-5-6-7-8-9-10-11-12-13-14-15-16-19(21)17-18-20(22)23-4-2;1-2/h3-18H2,1-2H3;1-2H2. The monoisotopic (exact) mass is 354 g/mol. The first-order valence-corrected chi connectivity index (χ1v) is 10.4. The molecule has 0 fully saturated rings. The molecule has 3 heteroatoms. The summed E-state index contributed by atoms with van der Waals surface area (Å²) in [7, 11) is 0. The smallest absolute Gasteiger partial charge is 0.306 e. The van der Waals surface area contributed by atoms with Gasteiger partial charge in [-0.3, -0.25) is 9.59 Å². The minimum atomic E-state index is -0.254. The topological polar surface area (TPSA) is 43.4 Å². The maximum absolute atomic E-state index is 11.6. The van der Waals surface area contributed by atoms with Gasteiger partial charge in [-0.05, 0) is 13.3 Å². The fourth-order valence-electron chi connectivity index (χ4n) is 2.76. The lowest BCUT2D eigenvalue weighted by Gasteiger charge is -2.03. The lowest BCUT2D eigenvalue weighted by atomic mass is 10.0. The lowest BCUT2D eigenvalue weighted by Crippen LogP contribution is -2.07.